The minimum atomic E-state index is -2.68. The molecule has 1 rings (SSSR count). The van der Waals surface area contributed by atoms with Crippen LogP contribution in [0.1, 0.15) is 33.3 Å². The van der Waals surface area contributed by atoms with Gasteiger partial charge >= 0.3 is 0 Å². The van der Waals surface area contributed by atoms with Gasteiger partial charge in [0.2, 0.25) is 0 Å². The SMILES string of the molecule is CC(C#N)(COCc1ccccc1)N[SH](C)(=O)C(C)(C)C. The van der Waals surface area contributed by atoms with Crippen LogP contribution in [0.3, 0.4) is 0 Å². The molecule has 1 unspecified atom stereocenters. The van der Waals surface area contributed by atoms with Crippen LogP contribution in [0.15, 0.2) is 30.3 Å². The van der Waals surface area contributed by atoms with Gasteiger partial charge in [0.1, 0.15) is 5.54 Å². The molecule has 0 fully saturated rings. The molecule has 0 saturated carbocycles. The smallest absolute Gasteiger partial charge is 0.136 e. The molecule has 5 heteroatoms. The molecular weight excluding hydrogens is 284 g/mol. The van der Waals surface area contributed by atoms with E-state index in [0.717, 1.165) is 5.56 Å². The number of benzene rings is 1. The summed E-state index contributed by atoms with van der Waals surface area (Å²) in [5, 5.41) is 9.40. The van der Waals surface area contributed by atoms with E-state index in [1.165, 1.54) is 0 Å². The van der Waals surface area contributed by atoms with E-state index in [1.807, 2.05) is 51.1 Å². The van der Waals surface area contributed by atoms with Gasteiger partial charge in [-0.3, -0.25) is 4.21 Å². The maximum atomic E-state index is 12.7. The molecule has 0 bridgehead atoms. The Morgan fingerprint density at radius 2 is 1.81 bits per heavy atom. The van der Waals surface area contributed by atoms with Gasteiger partial charge in [-0.1, -0.05) is 40.5 Å². The van der Waals surface area contributed by atoms with Crippen LogP contribution in [0.4, 0.5) is 0 Å². The fourth-order valence-electron chi connectivity index (χ4n) is 1.68. The molecule has 0 spiro atoms. The number of nitriles is 1. The van der Waals surface area contributed by atoms with Gasteiger partial charge in [-0.05, 0) is 33.3 Å². The summed E-state index contributed by atoms with van der Waals surface area (Å²) in [7, 11) is -2.68. The molecule has 0 aliphatic carbocycles. The number of thiol groups is 1. The third-order valence-electron chi connectivity index (χ3n) is 3.49. The predicted octanol–water partition coefficient (Wildman–Crippen LogP) is 2.44. The molecule has 0 heterocycles. The van der Waals surface area contributed by atoms with Crippen molar-refractivity contribution in [2.45, 2.75) is 44.6 Å². The maximum absolute atomic E-state index is 12.7. The van der Waals surface area contributed by atoms with Crippen LogP contribution in [0.5, 0.6) is 0 Å². The van der Waals surface area contributed by atoms with Gasteiger partial charge in [-0.15, -0.1) is 0 Å². The van der Waals surface area contributed by atoms with Gasteiger partial charge in [0.25, 0.3) is 0 Å². The molecule has 0 aliphatic rings. The van der Waals surface area contributed by atoms with Crippen molar-refractivity contribution in [3.8, 4) is 6.07 Å². The Bertz CT molecular complexity index is 546. The van der Waals surface area contributed by atoms with Crippen molar-refractivity contribution < 1.29 is 8.95 Å². The van der Waals surface area contributed by atoms with Crippen LogP contribution in [-0.4, -0.2) is 27.4 Å². The fourth-order valence-corrected chi connectivity index (χ4v) is 3.07. The quantitative estimate of drug-likeness (QED) is 0.793. The van der Waals surface area contributed by atoms with Crippen molar-refractivity contribution in [1.82, 2.24) is 4.72 Å². The topological polar surface area (TPSA) is 62.1 Å². The largest absolute Gasteiger partial charge is 0.374 e. The highest BCUT2D eigenvalue weighted by Gasteiger charge is 2.34. The third-order valence-corrected chi connectivity index (χ3v) is 6.97. The van der Waals surface area contributed by atoms with Crippen LogP contribution >= 0.6 is 0 Å². The zero-order valence-electron chi connectivity index (χ0n) is 13.5. The molecular formula is C16H26N2O2S. The first-order chi connectivity index (χ1) is 9.60. The minimum absolute atomic E-state index is 0.187. The van der Waals surface area contributed by atoms with E-state index in [9.17, 15) is 9.47 Å². The Balaban J connectivity index is 2.65. The molecule has 0 amide bonds. The summed E-state index contributed by atoms with van der Waals surface area (Å²) in [6, 6.07) is 12.0. The number of nitrogens with one attached hydrogen (secondary N) is 1. The van der Waals surface area contributed by atoms with Crippen LogP contribution in [0.2, 0.25) is 0 Å². The van der Waals surface area contributed by atoms with E-state index in [4.69, 9.17) is 4.74 Å². The molecule has 0 radical (unpaired) electrons. The Labute approximate surface area is 129 Å². The van der Waals surface area contributed by atoms with Crippen LogP contribution in [0, 0.1) is 11.3 Å². The lowest BCUT2D eigenvalue weighted by Crippen LogP contribution is -2.56. The zero-order chi connectivity index (χ0) is 16.1. The number of rotatable bonds is 6. The van der Waals surface area contributed by atoms with E-state index in [2.05, 4.69) is 10.8 Å². The molecule has 0 aromatic heterocycles. The lowest BCUT2D eigenvalue weighted by atomic mass is 10.1. The van der Waals surface area contributed by atoms with Crippen LogP contribution in [0.25, 0.3) is 0 Å². The second kappa shape index (κ2) is 6.69. The molecule has 0 saturated heterocycles. The van der Waals surface area contributed by atoms with Gasteiger partial charge < -0.3 is 4.74 Å². The molecule has 1 N–H and O–H groups in total. The summed E-state index contributed by atoms with van der Waals surface area (Å²) >= 11 is 0. The van der Waals surface area contributed by atoms with E-state index in [-0.39, 0.29) is 6.61 Å². The summed E-state index contributed by atoms with van der Waals surface area (Å²) in [5.74, 6) is 0. The Kier molecular flexibility index (Phi) is 5.68. The number of hydrogen-bond donors (Lipinski definition) is 2. The second-order valence-electron chi connectivity index (χ2n) is 6.63. The van der Waals surface area contributed by atoms with Crippen LogP contribution in [-0.2, 0) is 21.5 Å². The minimum Gasteiger partial charge on any atom is -0.374 e. The Morgan fingerprint density at radius 3 is 2.29 bits per heavy atom. The van der Waals surface area contributed by atoms with Crippen LogP contribution < -0.4 is 4.72 Å². The fraction of sp³-hybridized carbons (Fsp3) is 0.562. The van der Waals surface area contributed by atoms with Crippen molar-refractivity contribution in [2.24, 2.45) is 0 Å². The van der Waals surface area contributed by atoms with Gasteiger partial charge in [0.15, 0.2) is 0 Å². The summed E-state index contributed by atoms with van der Waals surface area (Å²) in [5.41, 5.74) is 0.0834. The average molecular weight is 310 g/mol. The standard InChI is InChI=1S/C16H26N2O2S/c1-15(2,3)21(5,19)18-16(4,12-17)13-20-11-14-9-7-6-8-10-14/h6-10,21H,11,13H2,1-5H3,(H,18,19). The first-order valence-electron chi connectivity index (χ1n) is 7.00. The first kappa shape index (κ1) is 17.8. The molecule has 1 atom stereocenters. The van der Waals surface area contributed by atoms with Gasteiger partial charge in [0.05, 0.1) is 19.3 Å². The summed E-state index contributed by atoms with van der Waals surface area (Å²) in [6.45, 7) is 8.06. The lowest BCUT2D eigenvalue weighted by Gasteiger charge is -2.39. The van der Waals surface area contributed by atoms with E-state index >= 15 is 0 Å². The highest BCUT2D eigenvalue weighted by atomic mass is 32.3. The van der Waals surface area contributed by atoms with Gasteiger partial charge in [-0.2, -0.15) is 5.26 Å². The lowest BCUT2D eigenvalue weighted by molar-refractivity contribution is 0.0906. The number of ether oxygens (including phenoxy) is 1. The summed E-state index contributed by atoms with van der Waals surface area (Å²) in [6.07, 6.45) is 1.68. The molecule has 4 nitrogen and oxygen atoms in total. The number of nitrogens with zero attached hydrogens (tertiary/aromatic N) is 1. The second-order valence-corrected chi connectivity index (χ2v) is 10.0. The molecule has 21 heavy (non-hydrogen) atoms. The Morgan fingerprint density at radius 1 is 1.24 bits per heavy atom. The highest BCUT2D eigenvalue weighted by molar-refractivity contribution is 8.01. The first-order valence-corrected chi connectivity index (χ1v) is 9.15. The van der Waals surface area contributed by atoms with Crippen molar-refractivity contribution in [2.75, 3.05) is 12.9 Å². The summed E-state index contributed by atoms with van der Waals surface area (Å²) < 4.78 is 21.0. The van der Waals surface area contributed by atoms with Crippen molar-refractivity contribution in [3.63, 3.8) is 0 Å². The van der Waals surface area contributed by atoms with Crippen molar-refractivity contribution >= 4 is 10.1 Å². The Hall–Kier alpha value is -1.22. The molecule has 1 aromatic rings. The normalized spacial score (nSPS) is 16.0. The molecule has 0 aliphatic heterocycles. The average Bonchev–Trinajstić information content (AvgIpc) is 2.38. The van der Waals surface area contributed by atoms with Gasteiger partial charge in [0, 0.05) is 11.0 Å². The number of hydrogen-bond acceptors (Lipinski definition) is 3. The summed E-state index contributed by atoms with van der Waals surface area (Å²) in [4.78, 5) is 0. The van der Waals surface area contributed by atoms with E-state index in [0.29, 0.717) is 6.61 Å². The molecule has 1 aromatic carbocycles. The van der Waals surface area contributed by atoms with E-state index < -0.39 is 20.4 Å². The predicted molar refractivity (Wildman–Crippen MR) is 88.5 cm³/mol. The van der Waals surface area contributed by atoms with Crippen molar-refractivity contribution in [3.05, 3.63) is 35.9 Å². The molecule has 118 valence electrons. The van der Waals surface area contributed by atoms with Gasteiger partial charge in [-0.25, -0.2) is 4.72 Å². The zero-order valence-corrected chi connectivity index (χ0v) is 14.4. The van der Waals surface area contributed by atoms with Crippen molar-refractivity contribution in [1.29, 1.82) is 5.26 Å². The van der Waals surface area contributed by atoms with E-state index in [1.54, 1.807) is 13.2 Å². The monoisotopic (exact) mass is 310 g/mol. The maximum Gasteiger partial charge on any atom is 0.136 e. The third kappa shape index (κ3) is 5.24. The highest BCUT2D eigenvalue weighted by Crippen LogP contribution is 2.22.